The lowest BCUT2D eigenvalue weighted by Crippen LogP contribution is -2.52. The van der Waals surface area contributed by atoms with Gasteiger partial charge < -0.3 is 10.2 Å². The Bertz CT molecular complexity index is 937. The number of aliphatic imine (C=N–C) groups is 1. The molecule has 1 saturated heterocycles. The molecule has 7 nitrogen and oxygen atoms in total. The molecule has 8 heteroatoms. The van der Waals surface area contributed by atoms with Gasteiger partial charge in [-0.05, 0) is 29.7 Å². The minimum absolute atomic E-state index is 0.121. The number of nitrogens with one attached hydrogen (secondary N) is 1. The third kappa shape index (κ3) is 5.59. The molecule has 1 fully saturated rings. The van der Waals surface area contributed by atoms with Gasteiger partial charge in [0.15, 0.2) is 5.96 Å². The quantitative estimate of drug-likeness (QED) is 0.543. The number of piperazine rings is 1. The predicted octanol–water partition coefficient (Wildman–Crippen LogP) is 2.18. The van der Waals surface area contributed by atoms with E-state index in [9.17, 15) is 8.42 Å². The van der Waals surface area contributed by atoms with Crippen molar-refractivity contribution in [3.63, 3.8) is 0 Å². The van der Waals surface area contributed by atoms with Gasteiger partial charge in [-0.15, -0.1) is 0 Å². The van der Waals surface area contributed by atoms with E-state index in [0.717, 1.165) is 44.1 Å². The second kappa shape index (κ2) is 10.1. The Labute approximate surface area is 179 Å². The highest BCUT2D eigenvalue weighted by Gasteiger charge is 2.25. The highest BCUT2D eigenvalue weighted by molar-refractivity contribution is 7.89. The van der Waals surface area contributed by atoms with Crippen LogP contribution in [0.2, 0.25) is 0 Å². The summed E-state index contributed by atoms with van der Waals surface area (Å²) in [6, 6.07) is 17.7. The molecule has 1 heterocycles. The molecule has 1 aliphatic heterocycles. The van der Waals surface area contributed by atoms with E-state index in [-0.39, 0.29) is 4.90 Å². The number of nitrogens with two attached hydrogens (primary N) is 1. The molecule has 0 spiro atoms. The molecule has 30 heavy (non-hydrogen) atoms. The van der Waals surface area contributed by atoms with Crippen LogP contribution >= 0.6 is 0 Å². The summed E-state index contributed by atoms with van der Waals surface area (Å²) in [6.07, 6.45) is 1.09. The van der Waals surface area contributed by atoms with Crippen molar-refractivity contribution in [2.75, 3.05) is 33.2 Å². The van der Waals surface area contributed by atoms with Crippen LogP contribution in [0.25, 0.3) is 0 Å². The first-order chi connectivity index (χ1) is 14.4. The fourth-order valence-electron chi connectivity index (χ4n) is 3.94. The van der Waals surface area contributed by atoms with Crippen molar-refractivity contribution in [1.29, 1.82) is 0 Å². The minimum atomic E-state index is -3.66. The number of sulfonamides is 1. The largest absolute Gasteiger partial charge is 0.352 e. The summed E-state index contributed by atoms with van der Waals surface area (Å²) < 4.78 is 22.8. The van der Waals surface area contributed by atoms with E-state index in [1.54, 1.807) is 19.2 Å². The van der Waals surface area contributed by atoms with E-state index >= 15 is 0 Å². The van der Waals surface area contributed by atoms with Crippen LogP contribution in [0.3, 0.4) is 0 Å². The van der Waals surface area contributed by atoms with Crippen LogP contribution in [-0.2, 0) is 16.6 Å². The molecule has 0 saturated carbocycles. The first-order valence-corrected chi connectivity index (χ1v) is 11.8. The lowest BCUT2D eigenvalue weighted by atomic mass is 10.0. The molecule has 0 aliphatic carbocycles. The molecule has 162 valence electrons. The fraction of sp³-hybridized carbons (Fsp3) is 0.409. The monoisotopic (exact) mass is 429 g/mol. The van der Waals surface area contributed by atoms with Gasteiger partial charge in [-0.25, -0.2) is 13.6 Å². The second-order valence-corrected chi connectivity index (χ2v) is 9.01. The van der Waals surface area contributed by atoms with E-state index in [0.29, 0.717) is 12.6 Å². The van der Waals surface area contributed by atoms with Gasteiger partial charge >= 0.3 is 0 Å². The van der Waals surface area contributed by atoms with Crippen LogP contribution < -0.4 is 10.5 Å². The molecular formula is C22H31N5O2S. The molecule has 0 radical (unpaired) electrons. The van der Waals surface area contributed by atoms with E-state index < -0.39 is 10.0 Å². The van der Waals surface area contributed by atoms with Crippen LogP contribution in [0.1, 0.15) is 30.5 Å². The lowest BCUT2D eigenvalue weighted by Gasteiger charge is -2.40. The zero-order valence-electron chi connectivity index (χ0n) is 17.7. The molecule has 3 N–H and O–H groups in total. The Balaban J connectivity index is 1.55. The van der Waals surface area contributed by atoms with E-state index in [1.807, 2.05) is 0 Å². The molecule has 0 bridgehead atoms. The maximum atomic E-state index is 11.4. The van der Waals surface area contributed by atoms with Gasteiger partial charge in [-0.3, -0.25) is 9.89 Å². The topological polar surface area (TPSA) is 91.0 Å². The number of hydrogen-bond acceptors (Lipinski definition) is 4. The number of rotatable bonds is 6. The Morgan fingerprint density at radius 3 is 2.23 bits per heavy atom. The number of guanidine groups is 1. The molecule has 2 aromatic rings. The SMILES string of the molecule is CCC(c1ccccc1)N1CCN(C(=NC)NCc2ccc(S(N)(=O)=O)cc2)CC1. The molecule has 1 aliphatic rings. The first-order valence-electron chi connectivity index (χ1n) is 10.3. The molecule has 3 rings (SSSR count). The molecule has 0 aromatic heterocycles. The summed E-state index contributed by atoms with van der Waals surface area (Å²) in [4.78, 5) is 9.37. The average molecular weight is 430 g/mol. The third-order valence-electron chi connectivity index (χ3n) is 5.54. The van der Waals surface area contributed by atoms with E-state index in [4.69, 9.17) is 5.14 Å². The summed E-state index contributed by atoms with van der Waals surface area (Å²) >= 11 is 0. The van der Waals surface area contributed by atoms with Gasteiger partial charge in [0.05, 0.1) is 4.90 Å². The van der Waals surface area contributed by atoms with Crippen LogP contribution in [-0.4, -0.2) is 57.4 Å². The van der Waals surface area contributed by atoms with Gasteiger partial charge in [-0.1, -0.05) is 49.4 Å². The standard InChI is InChI=1S/C22H31N5O2S/c1-3-21(19-7-5-4-6-8-19)26-13-15-27(16-14-26)22(24-2)25-17-18-9-11-20(12-10-18)30(23,28)29/h4-12,21H,3,13-17H2,1-2H3,(H,24,25)(H2,23,28,29). The lowest BCUT2D eigenvalue weighted by molar-refractivity contribution is 0.127. The predicted molar refractivity (Wildman–Crippen MR) is 121 cm³/mol. The van der Waals surface area contributed by atoms with E-state index in [2.05, 4.69) is 57.4 Å². The zero-order chi connectivity index (χ0) is 21.6. The average Bonchev–Trinajstić information content (AvgIpc) is 2.76. The number of hydrogen-bond donors (Lipinski definition) is 2. The maximum Gasteiger partial charge on any atom is 0.238 e. The summed E-state index contributed by atoms with van der Waals surface area (Å²) in [6.45, 7) is 6.60. The van der Waals surface area contributed by atoms with Crippen molar-refractivity contribution < 1.29 is 8.42 Å². The molecule has 0 amide bonds. The smallest absolute Gasteiger partial charge is 0.238 e. The third-order valence-corrected chi connectivity index (χ3v) is 6.47. The number of benzene rings is 2. The van der Waals surface area contributed by atoms with Gasteiger partial charge in [0.2, 0.25) is 10.0 Å². The second-order valence-electron chi connectivity index (χ2n) is 7.45. The van der Waals surface area contributed by atoms with Gasteiger partial charge in [0.25, 0.3) is 0 Å². The summed E-state index contributed by atoms with van der Waals surface area (Å²) in [5.74, 6) is 0.859. The van der Waals surface area contributed by atoms with Crippen molar-refractivity contribution in [3.05, 3.63) is 65.7 Å². The van der Waals surface area contributed by atoms with Crippen molar-refractivity contribution in [2.45, 2.75) is 30.8 Å². The van der Waals surface area contributed by atoms with Crippen LogP contribution in [0, 0.1) is 0 Å². The summed E-state index contributed by atoms with van der Waals surface area (Å²) in [7, 11) is -1.88. The number of primary sulfonamides is 1. The van der Waals surface area contributed by atoms with Crippen molar-refractivity contribution in [3.8, 4) is 0 Å². The minimum Gasteiger partial charge on any atom is -0.352 e. The molecule has 2 aromatic carbocycles. The molecule has 1 unspecified atom stereocenters. The van der Waals surface area contributed by atoms with Gasteiger partial charge in [0, 0.05) is 45.8 Å². The van der Waals surface area contributed by atoms with E-state index in [1.165, 1.54) is 17.7 Å². The van der Waals surface area contributed by atoms with Crippen LogP contribution in [0.5, 0.6) is 0 Å². The van der Waals surface area contributed by atoms with Crippen LogP contribution in [0.4, 0.5) is 0 Å². The van der Waals surface area contributed by atoms with Gasteiger partial charge in [-0.2, -0.15) is 0 Å². The van der Waals surface area contributed by atoms with Crippen molar-refractivity contribution >= 4 is 16.0 Å². The van der Waals surface area contributed by atoms with Gasteiger partial charge in [0.1, 0.15) is 0 Å². The van der Waals surface area contributed by atoms with Crippen LogP contribution in [0.15, 0.2) is 64.5 Å². The number of nitrogens with zero attached hydrogens (tertiary/aromatic N) is 3. The Kier molecular flexibility index (Phi) is 7.47. The Hall–Kier alpha value is -2.42. The highest BCUT2D eigenvalue weighted by atomic mass is 32.2. The normalized spacial score (nSPS) is 17.0. The van der Waals surface area contributed by atoms with Crippen molar-refractivity contribution in [2.24, 2.45) is 10.1 Å². The Morgan fingerprint density at radius 1 is 1.07 bits per heavy atom. The molecular weight excluding hydrogens is 398 g/mol. The maximum absolute atomic E-state index is 11.4. The fourth-order valence-corrected chi connectivity index (χ4v) is 4.45. The summed E-state index contributed by atoms with van der Waals surface area (Å²) in [5.41, 5.74) is 2.34. The Morgan fingerprint density at radius 2 is 1.70 bits per heavy atom. The molecule has 1 atom stereocenters. The highest BCUT2D eigenvalue weighted by Crippen LogP contribution is 2.25. The summed E-state index contributed by atoms with van der Waals surface area (Å²) in [5, 5.41) is 8.53. The first kappa shape index (κ1) is 22.3. The van der Waals surface area contributed by atoms with Crippen molar-refractivity contribution in [1.82, 2.24) is 15.1 Å². The zero-order valence-corrected chi connectivity index (χ0v) is 18.5.